The highest BCUT2D eigenvalue weighted by Crippen LogP contribution is 2.02. The Balaban J connectivity index is 2.49. The predicted octanol–water partition coefficient (Wildman–Crippen LogP) is 0.531. The standard InChI is InChI=1S/C12H18N2O3/c1-2-13(8-9-15)12(17)5-7-14-6-3-4-11(14)10-16/h3-4,6,10,15H,2,5,7-9H2,1H3. The van der Waals surface area contributed by atoms with Gasteiger partial charge in [-0.15, -0.1) is 0 Å². The highest BCUT2D eigenvalue weighted by atomic mass is 16.3. The highest BCUT2D eigenvalue weighted by molar-refractivity contribution is 5.76. The van der Waals surface area contributed by atoms with Crippen LogP contribution in [0.5, 0.6) is 0 Å². The van der Waals surface area contributed by atoms with Gasteiger partial charge >= 0.3 is 0 Å². The molecular weight excluding hydrogens is 220 g/mol. The van der Waals surface area contributed by atoms with Gasteiger partial charge in [0.15, 0.2) is 6.29 Å². The molecule has 5 nitrogen and oxygen atoms in total. The van der Waals surface area contributed by atoms with Crippen LogP contribution in [0.2, 0.25) is 0 Å². The molecular formula is C12H18N2O3. The topological polar surface area (TPSA) is 62.5 Å². The van der Waals surface area contributed by atoms with E-state index in [4.69, 9.17) is 5.11 Å². The summed E-state index contributed by atoms with van der Waals surface area (Å²) in [6.45, 7) is 3.29. The van der Waals surface area contributed by atoms with Gasteiger partial charge in [-0.25, -0.2) is 0 Å². The zero-order valence-electron chi connectivity index (χ0n) is 10.0. The maximum Gasteiger partial charge on any atom is 0.224 e. The number of hydrogen-bond acceptors (Lipinski definition) is 3. The van der Waals surface area contributed by atoms with E-state index in [0.29, 0.717) is 31.7 Å². The molecule has 94 valence electrons. The third-order valence-corrected chi connectivity index (χ3v) is 2.66. The normalized spacial score (nSPS) is 10.2. The summed E-state index contributed by atoms with van der Waals surface area (Å²) >= 11 is 0. The van der Waals surface area contributed by atoms with Gasteiger partial charge in [-0.2, -0.15) is 0 Å². The van der Waals surface area contributed by atoms with Crippen LogP contribution in [0, 0.1) is 0 Å². The molecule has 0 fully saturated rings. The summed E-state index contributed by atoms with van der Waals surface area (Å²) in [5, 5.41) is 8.81. The SMILES string of the molecule is CCN(CCO)C(=O)CCn1cccc1C=O. The van der Waals surface area contributed by atoms with E-state index in [2.05, 4.69) is 0 Å². The van der Waals surface area contributed by atoms with Gasteiger partial charge in [0.2, 0.25) is 5.91 Å². The van der Waals surface area contributed by atoms with E-state index in [1.54, 1.807) is 27.8 Å². The average molecular weight is 238 g/mol. The van der Waals surface area contributed by atoms with Crippen LogP contribution in [0.15, 0.2) is 18.3 Å². The summed E-state index contributed by atoms with van der Waals surface area (Å²) < 4.78 is 1.75. The lowest BCUT2D eigenvalue weighted by Gasteiger charge is -2.19. The molecule has 0 saturated heterocycles. The van der Waals surface area contributed by atoms with E-state index >= 15 is 0 Å². The Kier molecular flexibility index (Phi) is 5.42. The van der Waals surface area contributed by atoms with Gasteiger partial charge in [0.05, 0.1) is 12.3 Å². The lowest BCUT2D eigenvalue weighted by molar-refractivity contribution is -0.131. The van der Waals surface area contributed by atoms with Crippen LogP contribution in [-0.4, -0.2) is 46.5 Å². The first kappa shape index (κ1) is 13.4. The van der Waals surface area contributed by atoms with Crippen LogP contribution >= 0.6 is 0 Å². The van der Waals surface area contributed by atoms with Crippen molar-refractivity contribution in [1.29, 1.82) is 0 Å². The molecule has 0 aliphatic carbocycles. The number of likely N-dealkylation sites (N-methyl/N-ethyl adjacent to an activating group) is 1. The Morgan fingerprint density at radius 2 is 2.35 bits per heavy atom. The van der Waals surface area contributed by atoms with Crippen molar-refractivity contribution >= 4 is 12.2 Å². The van der Waals surface area contributed by atoms with Gasteiger partial charge in [0.25, 0.3) is 0 Å². The minimum atomic E-state index is -0.0251. The summed E-state index contributed by atoms with van der Waals surface area (Å²) in [7, 11) is 0. The minimum Gasteiger partial charge on any atom is -0.395 e. The molecule has 1 amide bonds. The van der Waals surface area contributed by atoms with Gasteiger partial charge in [-0.1, -0.05) is 0 Å². The number of carbonyl (C=O) groups is 2. The predicted molar refractivity (Wildman–Crippen MR) is 63.8 cm³/mol. The van der Waals surface area contributed by atoms with Crippen molar-refractivity contribution in [1.82, 2.24) is 9.47 Å². The fourth-order valence-electron chi connectivity index (χ4n) is 1.69. The molecule has 1 rings (SSSR count). The summed E-state index contributed by atoms with van der Waals surface area (Å²) in [5.41, 5.74) is 0.572. The number of aldehydes is 1. The molecule has 0 bridgehead atoms. The van der Waals surface area contributed by atoms with E-state index in [9.17, 15) is 9.59 Å². The van der Waals surface area contributed by atoms with E-state index < -0.39 is 0 Å². The Morgan fingerprint density at radius 1 is 1.59 bits per heavy atom. The van der Waals surface area contributed by atoms with Gasteiger partial charge < -0.3 is 14.6 Å². The maximum absolute atomic E-state index is 11.8. The van der Waals surface area contributed by atoms with Crippen LogP contribution in [0.25, 0.3) is 0 Å². The van der Waals surface area contributed by atoms with Crippen molar-refractivity contribution in [2.75, 3.05) is 19.7 Å². The van der Waals surface area contributed by atoms with Crippen molar-refractivity contribution in [3.63, 3.8) is 0 Å². The largest absolute Gasteiger partial charge is 0.395 e. The Morgan fingerprint density at radius 3 is 2.94 bits per heavy atom. The molecule has 0 aliphatic rings. The number of aliphatic hydroxyl groups excluding tert-OH is 1. The highest BCUT2D eigenvalue weighted by Gasteiger charge is 2.11. The molecule has 0 atom stereocenters. The van der Waals surface area contributed by atoms with E-state index in [1.165, 1.54) is 0 Å². The number of aryl methyl sites for hydroxylation is 1. The van der Waals surface area contributed by atoms with Crippen molar-refractivity contribution in [2.24, 2.45) is 0 Å². The van der Waals surface area contributed by atoms with Crippen LogP contribution in [0.1, 0.15) is 23.8 Å². The van der Waals surface area contributed by atoms with E-state index in [1.807, 2.05) is 6.92 Å². The molecule has 5 heteroatoms. The van der Waals surface area contributed by atoms with Gasteiger partial charge in [-0.3, -0.25) is 9.59 Å². The Bertz CT molecular complexity index is 374. The van der Waals surface area contributed by atoms with Crippen LogP contribution < -0.4 is 0 Å². The van der Waals surface area contributed by atoms with E-state index in [-0.39, 0.29) is 12.5 Å². The summed E-state index contributed by atoms with van der Waals surface area (Å²) in [6.07, 6.45) is 2.89. The van der Waals surface area contributed by atoms with Crippen LogP contribution in [0.3, 0.4) is 0 Å². The smallest absolute Gasteiger partial charge is 0.224 e. The Hall–Kier alpha value is -1.62. The molecule has 0 aliphatic heterocycles. The van der Waals surface area contributed by atoms with Crippen molar-refractivity contribution in [2.45, 2.75) is 19.9 Å². The fraction of sp³-hybridized carbons (Fsp3) is 0.500. The van der Waals surface area contributed by atoms with Crippen LogP contribution in [-0.2, 0) is 11.3 Å². The zero-order valence-corrected chi connectivity index (χ0v) is 10.0. The third kappa shape index (κ3) is 3.71. The lowest BCUT2D eigenvalue weighted by Crippen LogP contribution is -2.33. The first-order chi connectivity index (χ1) is 8.22. The molecule has 17 heavy (non-hydrogen) atoms. The second kappa shape index (κ2) is 6.85. The van der Waals surface area contributed by atoms with Gasteiger partial charge in [-0.05, 0) is 19.1 Å². The molecule has 1 N–H and O–H groups in total. The molecule has 0 radical (unpaired) electrons. The zero-order chi connectivity index (χ0) is 12.7. The van der Waals surface area contributed by atoms with Crippen LogP contribution in [0.4, 0.5) is 0 Å². The number of hydrogen-bond donors (Lipinski definition) is 1. The number of aromatic nitrogens is 1. The first-order valence-corrected chi connectivity index (χ1v) is 5.71. The van der Waals surface area contributed by atoms with Crippen molar-refractivity contribution in [3.05, 3.63) is 24.0 Å². The fourth-order valence-corrected chi connectivity index (χ4v) is 1.69. The molecule has 0 aromatic carbocycles. The maximum atomic E-state index is 11.8. The second-order valence-corrected chi connectivity index (χ2v) is 3.69. The molecule has 0 saturated carbocycles. The molecule has 1 aromatic heterocycles. The van der Waals surface area contributed by atoms with E-state index in [0.717, 1.165) is 6.29 Å². The minimum absolute atomic E-state index is 0.00732. The van der Waals surface area contributed by atoms with Crippen molar-refractivity contribution in [3.8, 4) is 0 Å². The van der Waals surface area contributed by atoms with Gasteiger partial charge in [0, 0.05) is 32.3 Å². The first-order valence-electron chi connectivity index (χ1n) is 5.71. The van der Waals surface area contributed by atoms with Crippen molar-refractivity contribution < 1.29 is 14.7 Å². The summed E-state index contributed by atoms with van der Waals surface area (Å²) in [5.74, 6) is -0.00732. The lowest BCUT2D eigenvalue weighted by atomic mass is 10.3. The number of aliphatic hydroxyl groups is 1. The number of nitrogens with zero attached hydrogens (tertiary/aromatic N) is 2. The third-order valence-electron chi connectivity index (χ3n) is 2.66. The quantitative estimate of drug-likeness (QED) is 0.705. The number of carbonyl (C=O) groups excluding carboxylic acids is 2. The number of rotatable bonds is 7. The number of amides is 1. The molecule has 0 spiro atoms. The molecule has 1 heterocycles. The monoisotopic (exact) mass is 238 g/mol. The summed E-state index contributed by atoms with van der Waals surface area (Å²) in [6, 6.07) is 3.49. The molecule has 0 unspecified atom stereocenters. The summed E-state index contributed by atoms with van der Waals surface area (Å²) in [4.78, 5) is 24.0. The Labute approximate surface area is 101 Å². The average Bonchev–Trinajstić information content (AvgIpc) is 2.80. The van der Waals surface area contributed by atoms with Gasteiger partial charge in [0.1, 0.15) is 0 Å². The molecule has 1 aromatic rings. The second-order valence-electron chi connectivity index (χ2n) is 3.69.